The van der Waals surface area contributed by atoms with E-state index >= 15 is 0 Å². The molecule has 1 atom stereocenters. The van der Waals surface area contributed by atoms with Crippen LogP contribution in [-0.4, -0.2) is 45.0 Å². The van der Waals surface area contributed by atoms with Crippen LogP contribution in [0.2, 0.25) is 0 Å². The summed E-state index contributed by atoms with van der Waals surface area (Å²) in [6.07, 6.45) is 8.19. The number of furan rings is 1. The van der Waals surface area contributed by atoms with Gasteiger partial charge in [0.2, 0.25) is 0 Å². The lowest BCUT2D eigenvalue weighted by Gasteiger charge is -2.15. The first-order valence-corrected chi connectivity index (χ1v) is 12.6. The first-order chi connectivity index (χ1) is 17.9. The summed E-state index contributed by atoms with van der Waals surface area (Å²) >= 11 is 6.14. The third-order valence-electron chi connectivity index (χ3n) is 6.47. The molecule has 1 aliphatic heterocycles. The van der Waals surface area contributed by atoms with Crippen LogP contribution in [-0.2, 0) is 11.2 Å². The summed E-state index contributed by atoms with van der Waals surface area (Å²) in [5.74, 6) is 1.16. The number of aryl methyl sites for hydroxylation is 2. The lowest BCUT2D eigenvalue weighted by Crippen LogP contribution is -2.28. The van der Waals surface area contributed by atoms with Crippen molar-refractivity contribution in [2.45, 2.75) is 31.6 Å². The Morgan fingerprint density at radius 1 is 1.16 bits per heavy atom. The summed E-state index contributed by atoms with van der Waals surface area (Å²) in [4.78, 5) is 35.4. The molecule has 1 saturated heterocycles. The van der Waals surface area contributed by atoms with Crippen molar-refractivity contribution in [2.75, 3.05) is 18.8 Å². The van der Waals surface area contributed by atoms with Gasteiger partial charge in [0.1, 0.15) is 17.2 Å². The molecule has 0 saturated carbocycles. The molecule has 0 unspecified atom stereocenters. The van der Waals surface area contributed by atoms with Crippen molar-refractivity contribution in [1.29, 1.82) is 0 Å². The number of amides is 1. The van der Waals surface area contributed by atoms with Crippen LogP contribution in [0.1, 0.15) is 40.1 Å². The average Bonchev–Trinajstić information content (AvgIpc) is 3.53. The fourth-order valence-corrected chi connectivity index (χ4v) is 4.73. The molecule has 0 aliphatic carbocycles. The Morgan fingerprint density at radius 2 is 2.03 bits per heavy atom. The van der Waals surface area contributed by atoms with Gasteiger partial charge in [0.15, 0.2) is 5.78 Å². The van der Waals surface area contributed by atoms with E-state index < -0.39 is 0 Å². The highest BCUT2D eigenvalue weighted by atomic mass is 35.5. The zero-order valence-electron chi connectivity index (χ0n) is 20.5. The topological polar surface area (TPSA) is 102 Å². The van der Waals surface area contributed by atoms with E-state index in [2.05, 4.69) is 9.97 Å². The molecule has 7 nitrogen and oxygen atoms in total. The number of halogens is 1. The number of allylic oxidation sites excluding steroid dienone is 1. The molecule has 0 bridgehead atoms. The number of fused-ring (bicyclic) bond motifs is 1. The number of hydrogen-bond donors (Lipinski definition) is 1. The van der Waals surface area contributed by atoms with Crippen LogP contribution in [0, 0.1) is 6.92 Å². The number of anilines is 1. The Morgan fingerprint density at radius 3 is 2.73 bits per heavy atom. The Labute approximate surface area is 220 Å². The van der Waals surface area contributed by atoms with Gasteiger partial charge in [-0.2, -0.15) is 0 Å². The Bertz CT molecular complexity index is 1480. The second-order valence-corrected chi connectivity index (χ2v) is 9.93. The van der Waals surface area contributed by atoms with Crippen molar-refractivity contribution in [3.05, 3.63) is 83.4 Å². The van der Waals surface area contributed by atoms with E-state index in [4.69, 9.17) is 21.8 Å². The van der Waals surface area contributed by atoms with E-state index in [0.29, 0.717) is 37.3 Å². The minimum Gasteiger partial charge on any atom is -0.461 e. The van der Waals surface area contributed by atoms with Crippen molar-refractivity contribution < 1.29 is 14.0 Å². The first kappa shape index (κ1) is 24.7. The molecule has 4 aromatic rings. The lowest BCUT2D eigenvalue weighted by atomic mass is 10.0. The number of rotatable bonds is 7. The van der Waals surface area contributed by atoms with Gasteiger partial charge >= 0.3 is 0 Å². The number of alkyl halides is 1. The molecule has 188 valence electrons. The number of hydrogen-bond acceptors (Lipinski definition) is 6. The molecule has 1 aliphatic rings. The molecule has 1 amide bonds. The number of likely N-dealkylation sites (tertiary alicyclic amines) is 1. The van der Waals surface area contributed by atoms with Gasteiger partial charge in [-0.05, 0) is 79.1 Å². The van der Waals surface area contributed by atoms with Crippen LogP contribution >= 0.6 is 11.6 Å². The Balaban J connectivity index is 1.26. The maximum atomic E-state index is 12.7. The maximum absolute atomic E-state index is 12.7. The number of benzene rings is 1. The van der Waals surface area contributed by atoms with Gasteiger partial charge < -0.3 is 15.1 Å². The van der Waals surface area contributed by atoms with E-state index in [9.17, 15) is 9.59 Å². The van der Waals surface area contributed by atoms with Gasteiger partial charge in [-0.15, -0.1) is 11.6 Å². The lowest BCUT2D eigenvalue weighted by molar-refractivity contribution is -0.114. The summed E-state index contributed by atoms with van der Waals surface area (Å²) < 4.78 is 6.05. The van der Waals surface area contributed by atoms with Gasteiger partial charge in [0, 0.05) is 49.3 Å². The van der Waals surface area contributed by atoms with E-state index in [1.165, 1.54) is 0 Å². The Kier molecular flexibility index (Phi) is 7.06. The molecule has 5 rings (SSSR count). The van der Waals surface area contributed by atoms with Gasteiger partial charge in [0.25, 0.3) is 5.91 Å². The molecule has 3 aromatic heterocycles. The molecule has 1 aromatic carbocycles. The fraction of sp³-hybridized carbons (Fsp3) is 0.241. The standard InChI is InChI=1S/C29H27ClN4O3/c1-18-12-21(26-8-4-20(16-32-26)29(36)34-11-10-23(30)17-34)13-22-14-25(37-28(18)22)7-6-24(35)5-2-19-3-9-27(31)33-15-19/h2-5,8-9,12-16,23H,6-7,10-11,17H2,1H3,(H2,31,33)/b5-2+/t23-/m0/s1. The quantitative estimate of drug-likeness (QED) is 0.260. The normalized spacial score (nSPS) is 15.6. The summed E-state index contributed by atoms with van der Waals surface area (Å²) in [7, 11) is 0. The van der Waals surface area contributed by atoms with Gasteiger partial charge in [-0.25, -0.2) is 4.98 Å². The molecule has 0 radical (unpaired) electrons. The zero-order valence-corrected chi connectivity index (χ0v) is 21.2. The molecule has 2 N–H and O–H groups in total. The fourth-order valence-electron chi connectivity index (χ4n) is 4.46. The van der Waals surface area contributed by atoms with Crippen molar-refractivity contribution in [2.24, 2.45) is 0 Å². The molecular weight excluding hydrogens is 488 g/mol. The van der Waals surface area contributed by atoms with Crippen molar-refractivity contribution in [1.82, 2.24) is 14.9 Å². The predicted octanol–water partition coefficient (Wildman–Crippen LogP) is 5.45. The van der Waals surface area contributed by atoms with Crippen LogP contribution in [0.4, 0.5) is 5.82 Å². The number of carbonyl (C=O) groups is 2. The first-order valence-electron chi connectivity index (χ1n) is 12.2. The van der Waals surface area contributed by atoms with Crippen LogP contribution in [0.5, 0.6) is 0 Å². The van der Waals surface area contributed by atoms with E-state index in [1.807, 2.05) is 43.3 Å². The second-order valence-electron chi connectivity index (χ2n) is 9.31. The summed E-state index contributed by atoms with van der Waals surface area (Å²) in [6, 6.07) is 13.2. The van der Waals surface area contributed by atoms with Crippen molar-refractivity contribution >= 4 is 46.2 Å². The molecule has 4 heterocycles. The van der Waals surface area contributed by atoms with Crippen LogP contribution < -0.4 is 5.73 Å². The molecule has 8 heteroatoms. The van der Waals surface area contributed by atoms with Gasteiger partial charge in [-0.1, -0.05) is 0 Å². The SMILES string of the molecule is Cc1cc(-c2ccc(C(=O)N3CC[C@H](Cl)C3)cn2)cc2cc(CCC(=O)/C=C/c3ccc(N)nc3)oc12. The largest absolute Gasteiger partial charge is 0.461 e. The number of aromatic nitrogens is 2. The number of ketones is 1. The van der Waals surface area contributed by atoms with Crippen LogP contribution in [0.15, 0.2) is 65.4 Å². The van der Waals surface area contributed by atoms with Crippen LogP contribution in [0.3, 0.4) is 0 Å². The molecule has 1 fully saturated rings. The number of nitrogens with two attached hydrogens (primary N) is 1. The van der Waals surface area contributed by atoms with E-state index in [0.717, 1.165) is 45.5 Å². The second kappa shape index (κ2) is 10.6. The molecular formula is C29H27ClN4O3. The smallest absolute Gasteiger partial charge is 0.255 e. The number of carbonyl (C=O) groups excluding carboxylic acids is 2. The zero-order chi connectivity index (χ0) is 25.9. The third kappa shape index (κ3) is 5.73. The molecule has 37 heavy (non-hydrogen) atoms. The highest BCUT2D eigenvalue weighted by molar-refractivity contribution is 6.21. The minimum absolute atomic E-state index is 0.00373. The predicted molar refractivity (Wildman–Crippen MR) is 145 cm³/mol. The monoisotopic (exact) mass is 514 g/mol. The van der Waals surface area contributed by atoms with E-state index in [1.54, 1.807) is 35.5 Å². The Hall–Kier alpha value is -3.97. The molecule has 0 spiro atoms. The highest BCUT2D eigenvalue weighted by Gasteiger charge is 2.25. The highest BCUT2D eigenvalue weighted by Crippen LogP contribution is 2.30. The summed E-state index contributed by atoms with van der Waals surface area (Å²) in [6.45, 7) is 3.24. The maximum Gasteiger partial charge on any atom is 0.255 e. The number of nitrogen functional groups attached to an aromatic ring is 1. The van der Waals surface area contributed by atoms with Crippen molar-refractivity contribution in [3.63, 3.8) is 0 Å². The van der Waals surface area contributed by atoms with Gasteiger partial charge in [0.05, 0.1) is 16.6 Å². The number of nitrogens with zero attached hydrogens (tertiary/aromatic N) is 3. The number of pyridine rings is 2. The third-order valence-corrected chi connectivity index (χ3v) is 6.82. The van der Waals surface area contributed by atoms with Crippen molar-refractivity contribution in [3.8, 4) is 11.3 Å². The van der Waals surface area contributed by atoms with E-state index in [-0.39, 0.29) is 17.1 Å². The summed E-state index contributed by atoms with van der Waals surface area (Å²) in [5.41, 5.74) is 10.5. The summed E-state index contributed by atoms with van der Waals surface area (Å²) in [5, 5.41) is 0.973. The average molecular weight is 515 g/mol. The van der Waals surface area contributed by atoms with Crippen LogP contribution in [0.25, 0.3) is 28.3 Å². The van der Waals surface area contributed by atoms with Gasteiger partial charge in [-0.3, -0.25) is 14.6 Å². The minimum atomic E-state index is -0.0390.